The van der Waals surface area contributed by atoms with Gasteiger partial charge in [0.1, 0.15) is 28.9 Å². The van der Waals surface area contributed by atoms with E-state index in [-0.39, 0.29) is 23.3 Å². The van der Waals surface area contributed by atoms with Crippen molar-refractivity contribution in [2.75, 3.05) is 20.4 Å². The van der Waals surface area contributed by atoms with E-state index in [1.165, 1.54) is 30.8 Å². The van der Waals surface area contributed by atoms with E-state index in [0.717, 1.165) is 5.56 Å². The van der Waals surface area contributed by atoms with Gasteiger partial charge in [0, 0.05) is 29.2 Å². The summed E-state index contributed by atoms with van der Waals surface area (Å²) in [5.41, 5.74) is 2.45. The first-order valence-electron chi connectivity index (χ1n) is 14.1. The molecule has 1 saturated carbocycles. The lowest BCUT2D eigenvalue weighted by Gasteiger charge is -2.54. The monoisotopic (exact) mass is 616 g/mol. The molecule has 4 rings (SSSR count). The van der Waals surface area contributed by atoms with E-state index in [1.54, 1.807) is 13.8 Å². The standard InChI is InChI=1S/C31H40N2O9S/c1-9-15(34)42-26-17-12(2)16-13(11-43-8)10-14(30(3,4)5)23(35)18(16)24(36)19(17)27(38)31(41)21(26)22(33(6)7)25(37)20(28(31)39)29(32)40/h10,12,17,21-22,26,35-36,39,41H,9,11H2,1-8H3,(H2,32,40)/t12-,17+,21+,22-,26-,31-/m1/s1. The molecule has 0 radical (unpaired) electrons. The summed E-state index contributed by atoms with van der Waals surface area (Å²) < 4.78 is 5.91. The van der Waals surface area contributed by atoms with Crippen molar-refractivity contribution in [3.8, 4) is 5.75 Å². The molecule has 11 nitrogen and oxygen atoms in total. The Labute approximate surface area is 254 Å². The van der Waals surface area contributed by atoms with E-state index >= 15 is 0 Å². The van der Waals surface area contributed by atoms with E-state index in [4.69, 9.17) is 10.5 Å². The van der Waals surface area contributed by atoms with Crippen LogP contribution in [0.5, 0.6) is 5.75 Å². The van der Waals surface area contributed by atoms with Gasteiger partial charge in [0.2, 0.25) is 5.78 Å². The van der Waals surface area contributed by atoms with Gasteiger partial charge in [-0.1, -0.05) is 40.7 Å². The quantitative estimate of drug-likeness (QED) is 0.233. The number of primary amides is 1. The highest BCUT2D eigenvalue weighted by Gasteiger charge is 2.69. The number of amides is 1. The molecular weight excluding hydrogens is 576 g/mol. The number of likely N-dealkylation sites (N-methyl/N-ethyl adjacent to an activating group) is 1. The van der Waals surface area contributed by atoms with Crippen LogP contribution in [0.15, 0.2) is 23.0 Å². The molecule has 6 N–H and O–H groups in total. The van der Waals surface area contributed by atoms with Crippen molar-refractivity contribution >= 4 is 41.0 Å². The first kappa shape index (κ1) is 32.6. The Hall–Kier alpha value is -3.35. The van der Waals surface area contributed by atoms with Crippen LogP contribution in [0.4, 0.5) is 0 Å². The second-order valence-corrected chi connectivity index (χ2v) is 13.6. The van der Waals surface area contributed by atoms with Crippen LogP contribution in [0.2, 0.25) is 0 Å². The molecule has 0 aromatic heterocycles. The van der Waals surface area contributed by atoms with Gasteiger partial charge in [-0.3, -0.25) is 24.1 Å². The molecule has 0 saturated heterocycles. The summed E-state index contributed by atoms with van der Waals surface area (Å²) in [6.07, 6.45) is 0.400. The molecule has 43 heavy (non-hydrogen) atoms. The zero-order valence-electron chi connectivity index (χ0n) is 25.6. The van der Waals surface area contributed by atoms with Crippen LogP contribution in [0, 0.1) is 11.8 Å². The molecule has 3 aliphatic rings. The average Bonchev–Trinajstić information content (AvgIpc) is 2.90. The molecular formula is C31H40N2O9S. The third kappa shape index (κ3) is 4.65. The lowest BCUT2D eigenvalue weighted by atomic mass is 9.53. The Morgan fingerprint density at radius 3 is 2.26 bits per heavy atom. The number of aliphatic hydroxyl groups excluding tert-OH is 2. The number of aliphatic hydroxyl groups is 3. The van der Waals surface area contributed by atoms with Crippen molar-refractivity contribution in [2.45, 2.75) is 75.9 Å². The summed E-state index contributed by atoms with van der Waals surface area (Å²) in [6, 6.07) is 0.454. The van der Waals surface area contributed by atoms with Crippen LogP contribution in [0.1, 0.15) is 69.2 Å². The predicted molar refractivity (Wildman–Crippen MR) is 160 cm³/mol. The number of carbonyl (C=O) groups is 4. The number of ketones is 2. The molecule has 3 aliphatic carbocycles. The highest BCUT2D eigenvalue weighted by atomic mass is 32.2. The van der Waals surface area contributed by atoms with Crippen LogP contribution in [-0.2, 0) is 35.1 Å². The van der Waals surface area contributed by atoms with E-state index < -0.39 is 81.4 Å². The van der Waals surface area contributed by atoms with E-state index in [0.29, 0.717) is 16.9 Å². The third-order valence-electron chi connectivity index (χ3n) is 8.95. The third-order valence-corrected chi connectivity index (χ3v) is 9.55. The fourth-order valence-electron chi connectivity index (χ4n) is 7.06. The molecule has 0 aliphatic heterocycles. The fourth-order valence-corrected chi connectivity index (χ4v) is 7.61. The molecule has 6 atom stereocenters. The highest BCUT2D eigenvalue weighted by Crippen LogP contribution is 2.58. The van der Waals surface area contributed by atoms with Crippen LogP contribution >= 0.6 is 11.8 Å². The lowest BCUT2D eigenvalue weighted by molar-refractivity contribution is -0.185. The fraction of sp³-hybridized carbons (Fsp3) is 0.548. The largest absolute Gasteiger partial charge is 0.508 e. The number of aromatic hydroxyl groups is 1. The summed E-state index contributed by atoms with van der Waals surface area (Å²) in [4.78, 5) is 54.7. The molecule has 1 fully saturated rings. The van der Waals surface area contributed by atoms with E-state index in [2.05, 4.69) is 0 Å². The number of Topliss-reactive ketones (excluding diaryl/α,β-unsaturated/α-hetero) is 2. The van der Waals surface area contributed by atoms with Gasteiger partial charge in [0.25, 0.3) is 5.91 Å². The van der Waals surface area contributed by atoms with E-state index in [9.17, 15) is 39.6 Å². The molecule has 1 amide bonds. The van der Waals surface area contributed by atoms with Crippen molar-refractivity contribution in [2.24, 2.45) is 17.6 Å². The highest BCUT2D eigenvalue weighted by molar-refractivity contribution is 7.97. The van der Waals surface area contributed by atoms with Crippen LogP contribution in [0.25, 0.3) is 5.76 Å². The van der Waals surface area contributed by atoms with Gasteiger partial charge >= 0.3 is 5.97 Å². The lowest BCUT2D eigenvalue weighted by Crippen LogP contribution is -2.71. The number of thioether (sulfide) groups is 1. The topological polar surface area (TPSA) is 188 Å². The summed E-state index contributed by atoms with van der Waals surface area (Å²) in [7, 11) is 2.97. The van der Waals surface area contributed by atoms with Crippen LogP contribution < -0.4 is 5.73 Å². The SMILES string of the molecule is CCC(=O)O[C@@H]1[C@@H]2C(=C(O)c3c(O)c(C(C)(C)C)cc(CSC)c3[C@H]2C)C(=O)[C@@]2(O)C(O)=C(C(N)=O)C(=O)[C@H](N(C)C)[C@@H]12. The molecule has 234 valence electrons. The van der Waals surface area contributed by atoms with Gasteiger partial charge in [-0.05, 0) is 42.8 Å². The van der Waals surface area contributed by atoms with E-state index in [1.807, 2.05) is 33.1 Å². The number of fused-ring (bicyclic) bond motifs is 3. The predicted octanol–water partition coefficient (Wildman–Crippen LogP) is 2.62. The first-order chi connectivity index (χ1) is 19.9. The summed E-state index contributed by atoms with van der Waals surface area (Å²) in [5.74, 6) is -9.14. The van der Waals surface area contributed by atoms with Gasteiger partial charge in [0.05, 0.1) is 17.5 Å². The zero-order valence-corrected chi connectivity index (χ0v) is 26.5. The normalized spacial score (nSPS) is 28.9. The number of esters is 1. The number of nitrogens with zero attached hydrogens (tertiary/aromatic N) is 1. The number of phenols is 1. The number of phenolic OH excluding ortho intramolecular Hbond substituents is 1. The van der Waals surface area contributed by atoms with Crippen molar-refractivity contribution < 1.29 is 44.3 Å². The van der Waals surface area contributed by atoms with Crippen molar-refractivity contribution in [1.29, 1.82) is 0 Å². The van der Waals surface area contributed by atoms with Crippen molar-refractivity contribution in [1.82, 2.24) is 4.90 Å². The molecule has 1 aromatic carbocycles. The smallest absolute Gasteiger partial charge is 0.305 e. The second-order valence-electron chi connectivity index (χ2n) is 12.8. The Kier molecular flexibility index (Phi) is 8.31. The van der Waals surface area contributed by atoms with Gasteiger partial charge < -0.3 is 30.9 Å². The zero-order chi connectivity index (χ0) is 32.5. The van der Waals surface area contributed by atoms with Gasteiger partial charge in [-0.15, -0.1) is 0 Å². The summed E-state index contributed by atoms with van der Waals surface area (Å²) in [6.45, 7) is 9.00. The molecule has 0 unspecified atom stereocenters. The number of hydrogen-bond acceptors (Lipinski definition) is 11. The first-order valence-corrected chi connectivity index (χ1v) is 15.5. The van der Waals surface area contributed by atoms with Crippen LogP contribution in [0.3, 0.4) is 0 Å². The average molecular weight is 617 g/mol. The number of carbonyl (C=O) groups excluding carboxylic acids is 4. The second kappa shape index (κ2) is 11.0. The maximum Gasteiger partial charge on any atom is 0.305 e. The molecule has 1 aromatic rings. The number of benzene rings is 1. The van der Waals surface area contributed by atoms with Crippen LogP contribution in [-0.4, -0.2) is 86.9 Å². The van der Waals surface area contributed by atoms with Gasteiger partial charge in [-0.25, -0.2) is 0 Å². The number of ether oxygens (including phenoxy) is 1. The van der Waals surface area contributed by atoms with Gasteiger partial charge in [-0.2, -0.15) is 11.8 Å². The summed E-state index contributed by atoms with van der Waals surface area (Å²) >= 11 is 1.52. The Morgan fingerprint density at radius 1 is 1.16 bits per heavy atom. The maximum absolute atomic E-state index is 14.5. The molecule has 0 heterocycles. The minimum atomic E-state index is -2.97. The minimum Gasteiger partial charge on any atom is -0.508 e. The minimum absolute atomic E-state index is 0.0147. The van der Waals surface area contributed by atoms with Crippen molar-refractivity contribution in [3.63, 3.8) is 0 Å². The molecule has 0 spiro atoms. The Morgan fingerprint density at radius 2 is 1.77 bits per heavy atom. The molecule has 0 bridgehead atoms. The molecule has 12 heteroatoms. The maximum atomic E-state index is 14.5. The Balaban J connectivity index is 2.18. The number of rotatable bonds is 6. The summed E-state index contributed by atoms with van der Waals surface area (Å²) in [5, 5.41) is 46.9. The van der Waals surface area contributed by atoms with Gasteiger partial charge in [0.15, 0.2) is 11.4 Å². The number of nitrogens with two attached hydrogens (primary N) is 1. The van der Waals surface area contributed by atoms with Crippen molar-refractivity contribution in [3.05, 3.63) is 45.2 Å². The number of hydrogen-bond donors (Lipinski definition) is 5. The Bertz CT molecular complexity index is 1490.